The molecule has 0 saturated heterocycles. The van der Waals surface area contributed by atoms with E-state index in [9.17, 15) is 9.59 Å². The molecule has 2 aromatic carbocycles. The molecule has 1 N–H and O–H groups in total. The van der Waals surface area contributed by atoms with Gasteiger partial charge >= 0.3 is 5.97 Å². The van der Waals surface area contributed by atoms with E-state index >= 15 is 0 Å². The predicted molar refractivity (Wildman–Crippen MR) is 91.6 cm³/mol. The van der Waals surface area contributed by atoms with Crippen LogP contribution < -0.4 is 5.32 Å². The quantitative estimate of drug-likeness (QED) is 0.751. The maximum atomic E-state index is 12.7. The first-order chi connectivity index (χ1) is 11.6. The molecule has 0 radical (unpaired) electrons. The summed E-state index contributed by atoms with van der Waals surface area (Å²) in [6, 6.07) is 15.8. The second-order valence-corrected chi connectivity index (χ2v) is 5.51. The molecule has 0 bridgehead atoms. The zero-order valence-corrected chi connectivity index (χ0v) is 13.5. The number of hydrogen-bond acceptors (Lipinski definition) is 3. The molecule has 0 fully saturated rings. The Morgan fingerprint density at radius 2 is 1.71 bits per heavy atom. The summed E-state index contributed by atoms with van der Waals surface area (Å²) < 4.78 is 6.73. The molecule has 1 amide bonds. The Labute approximate surface area is 139 Å². The summed E-state index contributed by atoms with van der Waals surface area (Å²) in [5.41, 5.74) is 2.16. The number of amides is 1. The normalized spacial score (nSPS) is 11.9. The summed E-state index contributed by atoms with van der Waals surface area (Å²) >= 11 is 0. The number of hydrogen-bond donors (Lipinski definition) is 1. The lowest BCUT2D eigenvalue weighted by Gasteiger charge is -2.16. The summed E-state index contributed by atoms with van der Waals surface area (Å²) in [5.74, 6) is -0.819. The van der Waals surface area contributed by atoms with E-state index in [1.165, 1.54) is 7.11 Å². The van der Waals surface area contributed by atoms with Crippen LogP contribution in [0.4, 0.5) is 0 Å². The number of fused-ring (bicyclic) bond motifs is 1. The van der Waals surface area contributed by atoms with E-state index in [1.54, 1.807) is 18.3 Å². The number of carbonyl (C=O) groups is 2. The maximum Gasteiger partial charge on any atom is 0.333 e. The van der Waals surface area contributed by atoms with Crippen LogP contribution in [0.25, 0.3) is 10.9 Å². The third-order valence-corrected chi connectivity index (χ3v) is 3.99. The third-order valence-electron chi connectivity index (χ3n) is 3.99. The van der Waals surface area contributed by atoms with Crippen LogP contribution in [0.1, 0.15) is 22.0 Å². The molecule has 3 rings (SSSR count). The molecule has 1 aromatic heterocycles. The highest BCUT2D eigenvalue weighted by Gasteiger charge is 2.25. The molecular formula is C19H18N2O3. The number of benzene rings is 2. The Hall–Kier alpha value is -3.08. The fourth-order valence-corrected chi connectivity index (χ4v) is 2.77. The van der Waals surface area contributed by atoms with E-state index in [0.717, 1.165) is 10.9 Å². The van der Waals surface area contributed by atoms with Gasteiger partial charge in [0.2, 0.25) is 0 Å². The number of nitrogens with zero attached hydrogens (tertiary/aromatic N) is 1. The predicted octanol–water partition coefficient (Wildman–Crippen LogP) is 2.82. The Kier molecular flexibility index (Phi) is 4.33. The first kappa shape index (κ1) is 15.8. The molecule has 3 aromatic rings. The highest BCUT2D eigenvalue weighted by Crippen LogP contribution is 2.22. The SMILES string of the molecule is COC(=O)C(NC(=O)c1cn(C)c2ccccc12)c1ccccc1. The number of esters is 1. The highest BCUT2D eigenvalue weighted by molar-refractivity contribution is 6.08. The van der Waals surface area contributed by atoms with Crippen LogP contribution in [0, 0.1) is 0 Å². The standard InChI is InChI=1S/C19H18N2O3/c1-21-12-15(14-10-6-7-11-16(14)21)18(22)20-17(19(23)24-2)13-8-4-3-5-9-13/h3-12,17H,1-2H3,(H,20,22). The van der Waals surface area contributed by atoms with Crippen LogP contribution in [-0.4, -0.2) is 23.6 Å². The first-order valence-corrected chi connectivity index (χ1v) is 7.59. The third kappa shape index (κ3) is 2.88. The molecule has 122 valence electrons. The van der Waals surface area contributed by atoms with Crippen molar-refractivity contribution in [2.24, 2.45) is 7.05 Å². The Morgan fingerprint density at radius 3 is 2.42 bits per heavy atom. The fourth-order valence-electron chi connectivity index (χ4n) is 2.77. The van der Waals surface area contributed by atoms with Gasteiger partial charge in [0, 0.05) is 24.1 Å². The Balaban J connectivity index is 1.95. The summed E-state index contributed by atoms with van der Waals surface area (Å²) in [5, 5.41) is 3.62. The molecule has 0 aliphatic heterocycles. The summed E-state index contributed by atoms with van der Waals surface area (Å²) in [4.78, 5) is 24.8. The van der Waals surface area contributed by atoms with Gasteiger partial charge in [0.25, 0.3) is 5.91 Å². The minimum absolute atomic E-state index is 0.314. The highest BCUT2D eigenvalue weighted by atomic mass is 16.5. The second kappa shape index (κ2) is 6.58. The molecule has 0 saturated carbocycles. The minimum Gasteiger partial charge on any atom is -0.467 e. The van der Waals surface area contributed by atoms with Crippen molar-refractivity contribution < 1.29 is 14.3 Å². The van der Waals surface area contributed by atoms with Crippen molar-refractivity contribution in [3.8, 4) is 0 Å². The van der Waals surface area contributed by atoms with Gasteiger partial charge in [-0.2, -0.15) is 0 Å². The Bertz CT molecular complexity index is 884. The Morgan fingerprint density at radius 1 is 1.04 bits per heavy atom. The van der Waals surface area contributed by atoms with Crippen LogP contribution in [0.15, 0.2) is 60.8 Å². The van der Waals surface area contributed by atoms with Gasteiger partial charge in [0.05, 0.1) is 12.7 Å². The van der Waals surface area contributed by atoms with E-state index < -0.39 is 12.0 Å². The molecule has 1 heterocycles. The van der Waals surface area contributed by atoms with Crippen molar-refractivity contribution in [3.05, 3.63) is 71.9 Å². The molecule has 0 aliphatic carbocycles. The van der Waals surface area contributed by atoms with Gasteiger partial charge < -0.3 is 14.6 Å². The van der Waals surface area contributed by atoms with Crippen LogP contribution in [0.3, 0.4) is 0 Å². The number of nitrogens with one attached hydrogen (secondary N) is 1. The monoisotopic (exact) mass is 322 g/mol. The molecule has 24 heavy (non-hydrogen) atoms. The lowest BCUT2D eigenvalue weighted by atomic mass is 10.1. The summed E-state index contributed by atoms with van der Waals surface area (Å²) in [6.07, 6.45) is 1.76. The van der Waals surface area contributed by atoms with Crippen molar-refractivity contribution in [1.82, 2.24) is 9.88 Å². The van der Waals surface area contributed by atoms with Crippen LogP contribution in [0.5, 0.6) is 0 Å². The van der Waals surface area contributed by atoms with Gasteiger partial charge in [-0.05, 0) is 11.6 Å². The summed E-state index contributed by atoms with van der Waals surface area (Å²) in [6.45, 7) is 0. The zero-order chi connectivity index (χ0) is 17.1. The maximum absolute atomic E-state index is 12.7. The molecule has 5 nitrogen and oxygen atoms in total. The average Bonchev–Trinajstić information content (AvgIpc) is 2.97. The van der Waals surface area contributed by atoms with Crippen molar-refractivity contribution in [3.63, 3.8) is 0 Å². The number of rotatable bonds is 4. The first-order valence-electron chi connectivity index (χ1n) is 7.59. The fraction of sp³-hybridized carbons (Fsp3) is 0.158. The molecule has 1 atom stereocenters. The molecule has 1 unspecified atom stereocenters. The van der Waals surface area contributed by atoms with E-state index in [0.29, 0.717) is 11.1 Å². The topological polar surface area (TPSA) is 60.3 Å². The summed E-state index contributed by atoms with van der Waals surface area (Å²) in [7, 11) is 3.19. The van der Waals surface area contributed by atoms with E-state index in [4.69, 9.17) is 4.74 Å². The molecular weight excluding hydrogens is 304 g/mol. The van der Waals surface area contributed by atoms with Crippen LogP contribution in [0.2, 0.25) is 0 Å². The van der Waals surface area contributed by atoms with E-state index in [1.807, 2.05) is 54.1 Å². The van der Waals surface area contributed by atoms with Crippen molar-refractivity contribution >= 4 is 22.8 Å². The number of aromatic nitrogens is 1. The molecule has 0 spiro atoms. The van der Waals surface area contributed by atoms with Gasteiger partial charge in [0.1, 0.15) is 0 Å². The second-order valence-electron chi connectivity index (χ2n) is 5.51. The number of methoxy groups -OCH3 is 1. The van der Waals surface area contributed by atoms with E-state index in [2.05, 4.69) is 5.32 Å². The van der Waals surface area contributed by atoms with Gasteiger partial charge in [-0.3, -0.25) is 4.79 Å². The number of para-hydroxylation sites is 1. The van der Waals surface area contributed by atoms with Gasteiger partial charge in [-0.25, -0.2) is 4.79 Å². The van der Waals surface area contributed by atoms with Gasteiger partial charge in [-0.15, -0.1) is 0 Å². The number of carbonyl (C=O) groups excluding carboxylic acids is 2. The van der Waals surface area contributed by atoms with Crippen molar-refractivity contribution in [1.29, 1.82) is 0 Å². The number of aryl methyl sites for hydroxylation is 1. The lowest BCUT2D eigenvalue weighted by Crippen LogP contribution is -2.34. The van der Waals surface area contributed by atoms with Crippen LogP contribution >= 0.6 is 0 Å². The smallest absolute Gasteiger partial charge is 0.333 e. The molecule has 5 heteroatoms. The molecule has 0 aliphatic rings. The van der Waals surface area contributed by atoms with Crippen LogP contribution in [-0.2, 0) is 16.6 Å². The largest absolute Gasteiger partial charge is 0.467 e. The van der Waals surface area contributed by atoms with Gasteiger partial charge in [-0.1, -0.05) is 48.5 Å². The number of ether oxygens (including phenoxy) is 1. The van der Waals surface area contributed by atoms with Crippen molar-refractivity contribution in [2.45, 2.75) is 6.04 Å². The minimum atomic E-state index is -0.845. The zero-order valence-electron chi connectivity index (χ0n) is 13.5. The van der Waals surface area contributed by atoms with Crippen molar-refractivity contribution in [2.75, 3.05) is 7.11 Å². The lowest BCUT2D eigenvalue weighted by molar-refractivity contribution is -0.143. The van der Waals surface area contributed by atoms with Gasteiger partial charge in [0.15, 0.2) is 6.04 Å². The average molecular weight is 322 g/mol. The van der Waals surface area contributed by atoms with E-state index in [-0.39, 0.29) is 5.91 Å².